The van der Waals surface area contributed by atoms with Gasteiger partial charge >= 0.3 is 0 Å². The average Bonchev–Trinajstić information content (AvgIpc) is 3.33. The maximum absolute atomic E-state index is 5.79. The number of morpholine rings is 1. The summed E-state index contributed by atoms with van der Waals surface area (Å²) in [6.07, 6.45) is 7.66. The molecule has 0 amide bonds. The van der Waals surface area contributed by atoms with Crippen LogP contribution < -0.4 is 0 Å². The number of aromatic nitrogens is 2. The van der Waals surface area contributed by atoms with Gasteiger partial charge in [-0.1, -0.05) is 6.92 Å². The number of hydrogen-bond donors (Lipinski definition) is 0. The third kappa shape index (κ3) is 4.73. The Morgan fingerprint density at radius 3 is 2.81 bits per heavy atom. The topological polar surface area (TPSA) is 47.5 Å². The van der Waals surface area contributed by atoms with Crippen LogP contribution in [0, 0.1) is 5.92 Å². The molecule has 0 spiro atoms. The molecule has 1 atom stereocenters. The van der Waals surface area contributed by atoms with E-state index < -0.39 is 0 Å². The van der Waals surface area contributed by atoms with Gasteiger partial charge < -0.3 is 9.47 Å². The van der Waals surface area contributed by atoms with Crippen LogP contribution in [-0.2, 0) is 22.4 Å². The molecular formula is C16H25N3O2. The second kappa shape index (κ2) is 7.29. The normalized spacial score (nSPS) is 23.4. The Morgan fingerprint density at radius 2 is 2.10 bits per heavy atom. The number of nitrogens with zero attached hydrogens (tertiary/aromatic N) is 3. The van der Waals surface area contributed by atoms with Crippen molar-refractivity contribution >= 4 is 0 Å². The summed E-state index contributed by atoms with van der Waals surface area (Å²) in [6.45, 7) is 7.28. The van der Waals surface area contributed by atoms with Gasteiger partial charge in [0.1, 0.15) is 5.82 Å². The molecule has 2 heterocycles. The Balaban J connectivity index is 1.43. The standard InChI is InChI=1S/C16H25N3O2/c1-2-16-17-7-14(8-18-16)9-19-5-6-21-15(10-19)12-20-11-13-3-4-13/h7-8,13,15H,2-6,9-12H2,1H3. The Labute approximate surface area is 126 Å². The van der Waals surface area contributed by atoms with Gasteiger partial charge in [0.05, 0.1) is 19.3 Å². The zero-order chi connectivity index (χ0) is 14.5. The monoisotopic (exact) mass is 291 g/mol. The molecule has 1 aliphatic carbocycles. The van der Waals surface area contributed by atoms with Crippen molar-refractivity contribution in [2.75, 3.05) is 32.9 Å². The highest BCUT2D eigenvalue weighted by Gasteiger charge is 2.24. The molecule has 1 saturated heterocycles. The van der Waals surface area contributed by atoms with E-state index in [0.29, 0.717) is 0 Å². The SMILES string of the molecule is CCc1ncc(CN2CCOC(COCC3CC3)C2)cn1. The molecule has 1 aliphatic heterocycles. The molecule has 3 rings (SSSR count). The number of rotatable bonds is 7. The fraction of sp³-hybridized carbons (Fsp3) is 0.750. The van der Waals surface area contributed by atoms with Crippen LogP contribution in [0.2, 0.25) is 0 Å². The van der Waals surface area contributed by atoms with E-state index in [1.807, 2.05) is 12.4 Å². The minimum Gasteiger partial charge on any atom is -0.378 e. The van der Waals surface area contributed by atoms with Crippen LogP contribution in [0.3, 0.4) is 0 Å². The van der Waals surface area contributed by atoms with Gasteiger partial charge in [0.25, 0.3) is 0 Å². The summed E-state index contributed by atoms with van der Waals surface area (Å²) in [6, 6.07) is 0. The van der Waals surface area contributed by atoms with Gasteiger partial charge in [0.15, 0.2) is 0 Å². The Bertz CT molecular complexity index is 434. The quantitative estimate of drug-likeness (QED) is 0.765. The van der Waals surface area contributed by atoms with Crippen LogP contribution in [-0.4, -0.2) is 53.9 Å². The van der Waals surface area contributed by atoms with Crippen LogP contribution in [0.25, 0.3) is 0 Å². The van der Waals surface area contributed by atoms with E-state index in [4.69, 9.17) is 9.47 Å². The smallest absolute Gasteiger partial charge is 0.127 e. The first-order valence-electron chi connectivity index (χ1n) is 8.05. The number of aryl methyl sites for hydroxylation is 1. The molecule has 2 fully saturated rings. The Morgan fingerprint density at radius 1 is 1.29 bits per heavy atom. The molecule has 1 aromatic heterocycles. The predicted octanol–water partition coefficient (Wildman–Crippen LogP) is 1.67. The summed E-state index contributed by atoms with van der Waals surface area (Å²) >= 11 is 0. The summed E-state index contributed by atoms with van der Waals surface area (Å²) in [5.41, 5.74) is 1.17. The van der Waals surface area contributed by atoms with Crippen LogP contribution >= 0.6 is 0 Å². The maximum atomic E-state index is 5.79. The number of ether oxygens (including phenoxy) is 2. The first-order valence-corrected chi connectivity index (χ1v) is 8.05. The van der Waals surface area contributed by atoms with Gasteiger partial charge in [-0.2, -0.15) is 0 Å². The molecule has 116 valence electrons. The summed E-state index contributed by atoms with van der Waals surface area (Å²) in [5, 5.41) is 0. The zero-order valence-corrected chi connectivity index (χ0v) is 12.8. The summed E-state index contributed by atoms with van der Waals surface area (Å²) < 4.78 is 11.5. The molecule has 2 aliphatic rings. The minimum atomic E-state index is 0.202. The van der Waals surface area contributed by atoms with Crippen molar-refractivity contribution < 1.29 is 9.47 Å². The van der Waals surface area contributed by atoms with Crippen molar-refractivity contribution in [3.8, 4) is 0 Å². The molecule has 1 saturated carbocycles. The molecule has 5 nitrogen and oxygen atoms in total. The van der Waals surface area contributed by atoms with E-state index in [1.54, 1.807) is 0 Å². The minimum absolute atomic E-state index is 0.202. The lowest BCUT2D eigenvalue weighted by Gasteiger charge is -2.32. The molecule has 21 heavy (non-hydrogen) atoms. The van der Waals surface area contributed by atoms with Gasteiger partial charge in [-0.15, -0.1) is 0 Å². The highest BCUT2D eigenvalue weighted by molar-refractivity contribution is 5.05. The molecule has 5 heteroatoms. The van der Waals surface area contributed by atoms with Gasteiger partial charge in [0.2, 0.25) is 0 Å². The van der Waals surface area contributed by atoms with Crippen molar-refractivity contribution in [2.24, 2.45) is 5.92 Å². The highest BCUT2D eigenvalue weighted by Crippen LogP contribution is 2.28. The van der Waals surface area contributed by atoms with Crippen LogP contribution in [0.1, 0.15) is 31.2 Å². The molecule has 1 aromatic rings. The lowest BCUT2D eigenvalue weighted by molar-refractivity contribution is -0.0723. The second-order valence-corrected chi connectivity index (χ2v) is 6.07. The molecule has 0 radical (unpaired) electrons. The second-order valence-electron chi connectivity index (χ2n) is 6.07. The summed E-state index contributed by atoms with van der Waals surface area (Å²) in [4.78, 5) is 11.1. The Kier molecular flexibility index (Phi) is 5.17. The fourth-order valence-electron chi connectivity index (χ4n) is 2.58. The molecular weight excluding hydrogens is 266 g/mol. The van der Waals surface area contributed by atoms with Crippen LogP contribution in [0.5, 0.6) is 0 Å². The maximum Gasteiger partial charge on any atom is 0.127 e. The summed E-state index contributed by atoms with van der Waals surface area (Å²) in [5.74, 6) is 1.73. The van der Waals surface area contributed by atoms with Gasteiger partial charge in [-0.05, 0) is 18.8 Å². The van der Waals surface area contributed by atoms with Crippen LogP contribution in [0.4, 0.5) is 0 Å². The summed E-state index contributed by atoms with van der Waals surface area (Å²) in [7, 11) is 0. The fourth-order valence-corrected chi connectivity index (χ4v) is 2.58. The van der Waals surface area contributed by atoms with Crippen molar-refractivity contribution in [3.05, 3.63) is 23.8 Å². The van der Waals surface area contributed by atoms with Crippen LogP contribution in [0.15, 0.2) is 12.4 Å². The lowest BCUT2D eigenvalue weighted by Crippen LogP contribution is -2.44. The van der Waals surface area contributed by atoms with E-state index in [0.717, 1.165) is 57.6 Å². The zero-order valence-electron chi connectivity index (χ0n) is 12.8. The van der Waals surface area contributed by atoms with E-state index in [-0.39, 0.29) is 6.10 Å². The van der Waals surface area contributed by atoms with Crippen molar-refractivity contribution in [2.45, 2.75) is 38.8 Å². The lowest BCUT2D eigenvalue weighted by atomic mass is 10.2. The first kappa shape index (κ1) is 14.9. The van der Waals surface area contributed by atoms with Gasteiger partial charge in [0, 0.05) is 50.6 Å². The first-order chi connectivity index (χ1) is 10.3. The van der Waals surface area contributed by atoms with Gasteiger partial charge in [-0.25, -0.2) is 9.97 Å². The predicted molar refractivity (Wildman–Crippen MR) is 80.0 cm³/mol. The van der Waals surface area contributed by atoms with Crippen molar-refractivity contribution in [1.29, 1.82) is 0 Å². The van der Waals surface area contributed by atoms with E-state index in [9.17, 15) is 0 Å². The van der Waals surface area contributed by atoms with E-state index in [1.165, 1.54) is 18.4 Å². The molecule has 0 aromatic carbocycles. The molecule has 0 bridgehead atoms. The third-order valence-electron chi connectivity index (χ3n) is 4.06. The van der Waals surface area contributed by atoms with E-state index in [2.05, 4.69) is 21.8 Å². The van der Waals surface area contributed by atoms with Gasteiger partial charge in [-0.3, -0.25) is 4.90 Å². The number of hydrogen-bond acceptors (Lipinski definition) is 5. The Hall–Kier alpha value is -1.04. The highest BCUT2D eigenvalue weighted by atomic mass is 16.5. The van der Waals surface area contributed by atoms with E-state index >= 15 is 0 Å². The molecule has 1 unspecified atom stereocenters. The molecule has 0 N–H and O–H groups in total. The van der Waals surface area contributed by atoms with Crippen molar-refractivity contribution in [1.82, 2.24) is 14.9 Å². The van der Waals surface area contributed by atoms with Crippen molar-refractivity contribution in [3.63, 3.8) is 0 Å². The largest absolute Gasteiger partial charge is 0.378 e. The average molecular weight is 291 g/mol. The third-order valence-corrected chi connectivity index (χ3v) is 4.06.